The van der Waals surface area contributed by atoms with Crippen molar-refractivity contribution in [2.45, 2.75) is 51.5 Å². The van der Waals surface area contributed by atoms with E-state index >= 15 is 0 Å². The Kier molecular flexibility index (Phi) is 7.21. The molecule has 2 saturated heterocycles. The van der Waals surface area contributed by atoms with Crippen molar-refractivity contribution < 1.29 is 9.59 Å². The second kappa shape index (κ2) is 10.3. The molecule has 0 aromatic heterocycles. The Balaban J connectivity index is 1.18. The van der Waals surface area contributed by atoms with Crippen molar-refractivity contribution >= 4 is 11.8 Å². The molecule has 2 amide bonds. The zero-order valence-electron chi connectivity index (χ0n) is 18.1. The molecule has 0 N–H and O–H groups in total. The van der Waals surface area contributed by atoms with Crippen LogP contribution in [0.4, 0.5) is 0 Å². The zero-order chi connectivity index (χ0) is 20.8. The molecule has 1 aliphatic carbocycles. The van der Waals surface area contributed by atoms with Crippen LogP contribution in [-0.2, 0) is 16.1 Å². The summed E-state index contributed by atoms with van der Waals surface area (Å²) in [5.74, 6) is 1.00. The summed E-state index contributed by atoms with van der Waals surface area (Å²) in [6.45, 7) is 6.22. The predicted octanol–water partition coefficient (Wildman–Crippen LogP) is 3.46. The van der Waals surface area contributed by atoms with Gasteiger partial charge in [-0.1, -0.05) is 36.4 Å². The standard InChI is InChI=1S/C25H35N3O2/c29-24(27-17-15-26(16-18-27)19-21-7-2-1-3-8-21)13-12-22-9-6-14-28(20-22)25(30)23-10-4-5-11-23/h1-3,7-8,10,22H,4-6,9,11-20H2. The van der Waals surface area contributed by atoms with E-state index in [0.717, 1.165) is 89.9 Å². The quantitative estimate of drug-likeness (QED) is 0.723. The lowest BCUT2D eigenvalue weighted by Crippen LogP contribution is -2.48. The fourth-order valence-corrected chi connectivity index (χ4v) is 5.04. The van der Waals surface area contributed by atoms with Gasteiger partial charge in [-0.25, -0.2) is 0 Å². The summed E-state index contributed by atoms with van der Waals surface area (Å²) in [5.41, 5.74) is 2.35. The fraction of sp³-hybridized carbons (Fsp3) is 0.600. The highest BCUT2D eigenvalue weighted by Crippen LogP contribution is 2.26. The lowest BCUT2D eigenvalue weighted by atomic mass is 9.92. The number of piperazine rings is 1. The third-order valence-electron chi connectivity index (χ3n) is 6.86. The van der Waals surface area contributed by atoms with Gasteiger partial charge < -0.3 is 9.80 Å². The van der Waals surface area contributed by atoms with Gasteiger partial charge in [-0.2, -0.15) is 0 Å². The minimum atomic E-state index is 0.248. The second-order valence-corrected chi connectivity index (χ2v) is 9.06. The topological polar surface area (TPSA) is 43.9 Å². The molecule has 1 unspecified atom stereocenters. The lowest BCUT2D eigenvalue weighted by Gasteiger charge is -2.36. The normalized spacial score (nSPS) is 22.8. The van der Waals surface area contributed by atoms with Crippen molar-refractivity contribution in [3.05, 3.63) is 47.5 Å². The van der Waals surface area contributed by atoms with Crippen LogP contribution in [0.1, 0.15) is 50.5 Å². The minimum absolute atomic E-state index is 0.248. The molecular weight excluding hydrogens is 374 g/mol. The molecule has 3 aliphatic rings. The summed E-state index contributed by atoms with van der Waals surface area (Å²) in [6, 6.07) is 10.5. The molecule has 1 atom stereocenters. The van der Waals surface area contributed by atoms with E-state index in [9.17, 15) is 9.59 Å². The Morgan fingerprint density at radius 2 is 1.73 bits per heavy atom. The van der Waals surface area contributed by atoms with Crippen LogP contribution in [-0.4, -0.2) is 65.8 Å². The van der Waals surface area contributed by atoms with E-state index in [4.69, 9.17) is 0 Å². The van der Waals surface area contributed by atoms with Crippen molar-refractivity contribution in [1.82, 2.24) is 14.7 Å². The summed E-state index contributed by atoms with van der Waals surface area (Å²) in [5, 5.41) is 0. The number of benzene rings is 1. The van der Waals surface area contributed by atoms with Gasteiger partial charge in [0.2, 0.25) is 11.8 Å². The molecule has 2 fully saturated rings. The second-order valence-electron chi connectivity index (χ2n) is 9.06. The molecule has 5 heteroatoms. The Morgan fingerprint density at radius 1 is 0.933 bits per heavy atom. The van der Waals surface area contributed by atoms with E-state index in [0.29, 0.717) is 12.3 Å². The molecule has 1 aromatic carbocycles. The van der Waals surface area contributed by atoms with Gasteiger partial charge in [0.15, 0.2) is 0 Å². The van der Waals surface area contributed by atoms with Gasteiger partial charge in [-0.3, -0.25) is 14.5 Å². The van der Waals surface area contributed by atoms with Crippen LogP contribution in [0.5, 0.6) is 0 Å². The first-order valence-electron chi connectivity index (χ1n) is 11.7. The monoisotopic (exact) mass is 409 g/mol. The van der Waals surface area contributed by atoms with Crippen LogP contribution in [0.15, 0.2) is 42.0 Å². The van der Waals surface area contributed by atoms with E-state index < -0.39 is 0 Å². The van der Waals surface area contributed by atoms with Gasteiger partial charge in [-0.15, -0.1) is 0 Å². The number of rotatable bonds is 6. The van der Waals surface area contributed by atoms with Crippen LogP contribution in [0, 0.1) is 5.92 Å². The van der Waals surface area contributed by atoms with Gasteiger partial charge in [0.05, 0.1) is 0 Å². The van der Waals surface area contributed by atoms with Gasteiger partial charge in [0.1, 0.15) is 0 Å². The summed E-state index contributed by atoms with van der Waals surface area (Å²) in [4.78, 5) is 31.9. The van der Waals surface area contributed by atoms with Crippen LogP contribution in [0.2, 0.25) is 0 Å². The number of hydrogen-bond donors (Lipinski definition) is 0. The van der Waals surface area contributed by atoms with Gasteiger partial charge in [0, 0.05) is 57.8 Å². The first-order chi connectivity index (χ1) is 14.7. The molecule has 4 rings (SSSR count). The Bertz CT molecular complexity index is 753. The molecular formula is C25H35N3O2. The maximum Gasteiger partial charge on any atom is 0.249 e. The van der Waals surface area contributed by atoms with Crippen LogP contribution in [0.25, 0.3) is 0 Å². The number of amides is 2. The average Bonchev–Trinajstić information content (AvgIpc) is 3.33. The van der Waals surface area contributed by atoms with E-state index in [1.165, 1.54) is 5.56 Å². The first kappa shape index (κ1) is 21.1. The highest BCUT2D eigenvalue weighted by molar-refractivity contribution is 5.93. The first-order valence-corrected chi connectivity index (χ1v) is 11.7. The van der Waals surface area contributed by atoms with Crippen molar-refractivity contribution in [2.24, 2.45) is 5.92 Å². The summed E-state index contributed by atoms with van der Waals surface area (Å²) in [6.07, 6.45) is 8.95. The Labute approximate surface area is 180 Å². The number of carbonyl (C=O) groups excluding carboxylic acids is 2. The van der Waals surface area contributed by atoms with Crippen LogP contribution in [0.3, 0.4) is 0 Å². The molecule has 162 valence electrons. The third-order valence-corrected chi connectivity index (χ3v) is 6.86. The fourth-order valence-electron chi connectivity index (χ4n) is 5.04. The number of allylic oxidation sites excluding steroid dienone is 1. The lowest BCUT2D eigenvalue weighted by molar-refractivity contribution is -0.133. The number of nitrogens with zero attached hydrogens (tertiary/aromatic N) is 3. The van der Waals surface area contributed by atoms with E-state index in [-0.39, 0.29) is 11.8 Å². The van der Waals surface area contributed by atoms with Crippen molar-refractivity contribution in [3.8, 4) is 0 Å². The number of likely N-dealkylation sites (tertiary alicyclic amines) is 1. The van der Waals surface area contributed by atoms with Crippen molar-refractivity contribution in [3.63, 3.8) is 0 Å². The molecule has 0 saturated carbocycles. The molecule has 0 spiro atoms. The molecule has 2 heterocycles. The van der Waals surface area contributed by atoms with E-state index in [1.807, 2.05) is 15.9 Å². The minimum Gasteiger partial charge on any atom is -0.340 e. The van der Waals surface area contributed by atoms with Gasteiger partial charge in [-0.05, 0) is 50.0 Å². The van der Waals surface area contributed by atoms with Crippen LogP contribution >= 0.6 is 0 Å². The van der Waals surface area contributed by atoms with E-state index in [2.05, 4.69) is 35.2 Å². The number of carbonyl (C=O) groups is 2. The highest BCUT2D eigenvalue weighted by Gasteiger charge is 2.28. The number of piperidine rings is 1. The zero-order valence-corrected chi connectivity index (χ0v) is 18.1. The molecule has 2 aliphatic heterocycles. The largest absolute Gasteiger partial charge is 0.340 e. The summed E-state index contributed by atoms with van der Waals surface area (Å²) < 4.78 is 0. The molecule has 1 aromatic rings. The number of hydrogen-bond acceptors (Lipinski definition) is 3. The molecule has 5 nitrogen and oxygen atoms in total. The van der Waals surface area contributed by atoms with Gasteiger partial charge in [0.25, 0.3) is 0 Å². The van der Waals surface area contributed by atoms with Crippen molar-refractivity contribution in [2.75, 3.05) is 39.3 Å². The predicted molar refractivity (Wildman–Crippen MR) is 119 cm³/mol. The summed E-state index contributed by atoms with van der Waals surface area (Å²) >= 11 is 0. The third kappa shape index (κ3) is 5.51. The smallest absolute Gasteiger partial charge is 0.249 e. The molecule has 0 radical (unpaired) electrons. The maximum atomic E-state index is 12.7. The van der Waals surface area contributed by atoms with Crippen molar-refractivity contribution in [1.29, 1.82) is 0 Å². The Morgan fingerprint density at radius 3 is 2.47 bits per heavy atom. The summed E-state index contributed by atoms with van der Waals surface area (Å²) in [7, 11) is 0. The van der Waals surface area contributed by atoms with Gasteiger partial charge >= 0.3 is 0 Å². The van der Waals surface area contributed by atoms with E-state index in [1.54, 1.807) is 0 Å². The SMILES string of the molecule is O=C(CCC1CCCN(C(=O)C2=CCCC2)C1)N1CCN(Cc2ccccc2)CC1. The maximum absolute atomic E-state index is 12.7. The molecule has 30 heavy (non-hydrogen) atoms. The molecule has 0 bridgehead atoms. The Hall–Kier alpha value is -2.14. The highest BCUT2D eigenvalue weighted by atomic mass is 16.2. The van der Waals surface area contributed by atoms with Crippen LogP contribution < -0.4 is 0 Å². The average molecular weight is 410 g/mol.